The van der Waals surface area contributed by atoms with Gasteiger partial charge in [-0.1, -0.05) is 10.3 Å². The molecule has 4 rings (SSSR count). The topological polar surface area (TPSA) is 127 Å². The minimum Gasteiger partial charge on any atom is -0.360 e. The SMILES string of the molecule is O=C(NCc1nc(-c2ccc[nH]c2=O)no1)c1noc2c1CCCC2. The van der Waals surface area contributed by atoms with Gasteiger partial charge in [-0.3, -0.25) is 9.59 Å². The quantitative estimate of drug-likeness (QED) is 0.730. The molecular formula is C16H15N5O4. The summed E-state index contributed by atoms with van der Waals surface area (Å²) in [4.78, 5) is 30.7. The third kappa shape index (κ3) is 2.95. The molecule has 9 heteroatoms. The van der Waals surface area contributed by atoms with Crippen LogP contribution in [-0.4, -0.2) is 26.2 Å². The van der Waals surface area contributed by atoms with Crippen molar-refractivity contribution in [3.63, 3.8) is 0 Å². The Balaban J connectivity index is 1.45. The van der Waals surface area contributed by atoms with E-state index in [9.17, 15) is 9.59 Å². The van der Waals surface area contributed by atoms with Gasteiger partial charge in [0, 0.05) is 18.2 Å². The number of H-pyrrole nitrogens is 1. The molecule has 2 N–H and O–H groups in total. The molecule has 0 radical (unpaired) electrons. The van der Waals surface area contributed by atoms with Gasteiger partial charge in [-0.2, -0.15) is 4.98 Å². The zero-order valence-corrected chi connectivity index (χ0v) is 13.2. The maximum Gasteiger partial charge on any atom is 0.274 e. The summed E-state index contributed by atoms with van der Waals surface area (Å²) in [5.41, 5.74) is 1.18. The van der Waals surface area contributed by atoms with Crippen molar-refractivity contribution in [1.82, 2.24) is 25.6 Å². The Morgan fingerprint density at radius 3 is 3.00 bits per heavy atom. The van der Waals surface area contributed by atoms with Crippen LogP contribution in [0.25, 0.3) is 11.4 Å². The van der Waals surface area contributed by atoms with Crippen LogP contribution in [0.1, 0.15) is 40.5 Å². The number of nitrogens with one attached hydrogen (secondary N) is 2. The van der Waals surface area contributed by atoms with Crippen molar-refractivity contribution in [3.05, 3.63) is 51.6 Å². The van der Waals surface area contributed by atoms with Crippen molar-refractivity contribution >= 4 is 5.91 Å². The highest BCUT2D eigenvalue weighted by molar-refractivity contribution is 5.93. The number of rotatable bonds is 4. The van der Waals surface area contributed by atoms with Gasteiger partial charge in [0.15, 0.2) is 5.69 Å². The number of aromatic nitrogens is 4. The second kappa shape index (κ2) is 6.34. The smallest absolute Gasteiger partial charge is 0.274 e. The zero-order valence-electron chi connectivity index (χ0n) is 13.2. The molecule has 3 heterocycles. The molecule has 3 aromatic heterocycles. The van der Waals surface area contributed by atoms with Crippen LogP contribution in [0.3, 0.4) is 0 Å². The summed E-state index contributed by atoms with van der Waals surface area (Å²) in [6, 6.07) is 3.26. The molecule has 0 spiro atoms. The number of nitrogens with zero attached hydrogens (tertiary/aromatic N) is 3. The Bertz CT molecular complexity index is 971. The Hall–Kier alpha value is -3.23. The molecule has 25 heavy (non-hydrogen) atoms. The average molecular weight is 341 g/mol. The third-order valence-corrected chi connectivity index (χ3v) is 4.09. The van der Waals surface area contributed by atoms with Crippen molar-refractivity contribution in [1.29, 1.82) is 0 Å². The molecule has 3 aromatic rings. The molecule has 0 aromatic carbocycles. The van der Waals surface area contributed by atoms with Gasteiger partial charge in [-0.05, 0) is 31.4 Å². The van der Waals surface area contributed by atoms with E-state index in [0.29, 0.717) is 11.3 Å². The van der Waals surface area contributed by atoms with Gasteiger partial charge in [0.05, 0.1) is 12.1 Å². The number of carbonyl (C=O) groups excluding carboxylic acids is 1. The summed E-state index contributed by atoms with van der Waals surface area (Å²) in [5, 5.41) is 10.3. The summed E-state index contributed by atoms with van der Waals surface area (Å²) in [5.74, 6) is 0.817. The van der Waals surface area contributed by atoms with E-state index >= 15 is 0 Å². The van der Waals surface area contributed by atoms with E-state index in [-0.39, 0.29) is 29.7 Å². The Morgan fingerprint density at radius 2 is 2.12 bits per heavy atom. The van der Waals surface area contributed by atoms with Crippen LogP contribution in [-0.2, 0) is 19.4 Å². The van der Waals surface area contributed by atoms with Crippen molar-refractivity contribution in [2.24, 2.45) is 0 Å². The largest absolute Gasteiger partial charge is 0.360 e. The lowest BCUT2D eigenvalue weighted by Gasteiger charge is -2.08. The van der Waals surface area contributed by atoms with Gasteiger partial charge in [0.2, 0.25) is 11.7 Å². The Labute approximate surface area is 141 Å². The number of pyridine rings is 1. The number of hydrogen-bond donors (Lipinski definition) is 2. The minimum atomic E-state index is -0.343. The first-order valence-electron chi connectivity index (χ1n) is 7.98. The lowest BCUT2D eigenvalue weighted by Crippen LogP contribution is -2.24. The molecule has 0 saturated heterocycles. The first-order valence-corrected chi connectivity index (χ1v) is 7.98. The monoisotopic (exact) mass is 341 g/mol. The van der Waals surface area contributed by atoms with E-state index in [0.717, 1.165) is 37.0 Å². The molecule has 0 fully saturated rings. The molecule has 0 atom stereocenters. The van der Waals surface area contributed by atoms with Gasteiger partial charge in [0.25, 0.3) is 11.5 Å². The van der Waals surface area contributed by atoms with E-state index < -0.39 is 0 Å². The molecule has 0 saturated carbocycles. The van der Waals surface area contributed by atoms with E-state index in [4.69, 9.17) is 9.05 Å². The van der Waals surface area contributed by atoms with Gasteiger partial charge in [-0.25, -0.2) is 0 Å². The second-order valence-electron chi connectivity index (χ2n) is 5.75. The number of fused-ring (bicyclic) bond motifs is 1. The van der Waals surface area contributed by atoms with Crippen LogP contribution in [0, 0.1) is 0 Å². The first-order chi connectivity index (χ1) is 12.2. The molecule has 1 amide bonds. The van der Waals surface area contributed by atoms with Crippen molar-refractivity contribution in [2.75, 3.05) is 0 Å². The lowest BCUT2D eigenvalue weighted by atomic mass is 9.96. The van der Waals surface area contributed by atoms with Crippen LogP contribution in [0.4, 0.5) is 0 Å². The van der Waals surface area contributed by atoms with Crippen molar-refractivity contribution < 1.29 is 13.8 Å². The van der Waals surface area contributed by atoms with Crippen LogP contribution >= 0.6 is 0 Å². The van der Waals surface area contributed by atoms with Crippen LogP contribution in [0.15, 0.2) is 32.2 Å². The van der Waals surface area contributed by atoms with Gasteiger partial charge >= 0.3 is 0 Å². The number of hydrogen-bond acceptors (Lipinski definition) is 7. The van der Waals surface area contributed by atoms with Crippen molar-refractivity contribution in [3.8, 4) is 11.4 Å². The predicted octanol–water partition coefficient (Wildman–Crippen LogP) is 1.22. The first kappa shape index (κ1) is 15.3. The number of carbonyl (C=O) groups is 1. The number of amides is 1. The van der Waals surface area contributed by atoms with E-state index in [1.807, 2.05) is 0 Å². The molecule has 1 aliphatic carbocycles. The highest BCUT2D eigenvalue weighted by atomic mass is 16.5. The number of aromatic amines is 1. The van der Waals surface area contributed by atoms with Crippen molar-refractivity contribution in [2.45, 2.75) is 32.2 Å². The molecule has 1 aliphatic rings. The molecule has 0 unspecified atom stereocenters. The number of aryl methyl sites for hydroxylation is 1. The lowest BCUT2D eigenvalue weighted by molar-refractivity contribution is 0.0936. The highest BCUT2D eigenvalue weighted by Gasteiger charge is 2.24. The molecular weight excluding hydrogens is 326 g/mol. The minimum absolute atomic E-state index is 0.0399. The summed E-state index contributed by atoms with van der Waals surface area (Å²) in [6.07, 6.45) is 5.20. The Morgan fingerprint density at radius 1 is 1.24 bits per heavy atom. The fraction of sp³-hybridized carbons (Fsp3) is 0.312. The fourth-order valence-electron chi connectivity index (χ4n) is 2.84. The standard InChI is InChI=1S/C16H15N5O4/c22-15-10(5-3-7-17-15)14-19-12(25-21-14)8-18-16(23)13-9-4-1-2-6-11(9)24-20-13/h3,5,7H,1-2,4,6,8H2,(H,17,22)(H,18,23). The fourth-order valence-corrected chi connectivity index (χ4v) is 2.84. The predicted molar refractivity (Wildman–Crippen MR) is 84.7 cm³/mol. The third-order valence-electron chi connectivity index (χ3n) is 4.09. The second-order valence-corrected chi connectivity index (χ2v) is 5.75. The average Bonchev–Trinajstić information content (AvgIpc) is 3.27. The van der Waals surface area contributed by atoms with Crippen LogP contribution < -0.4 is 10.9 Å². The van der Waals surface area contributed by atoms with Crippen LogP contribution in [0.5, 0.6) is 0 Å². The molecule has 9 nitrogen and oxygen atoms in total. The summed E-state index contributed by atoms with van der Waals surface area (Å²) >= 11 is 0. The maximum atomic E-state index is 12.3. The summed E-state index contributed by atoms with van der Waals surface area (Å²) in [7, 11) is 0. The van der Waals surface area contributed by atoms with Gasteiger partial charge in [-0.15, -0.1) is 0 Å². The Kier molecular flexibility index (Phi) is 3.88. The molecule has 0 aliphatic heterocycles. The molecule has 128 valence electrons. The zero-order chi connectivity index (χ0) is 17.2. The van der Waals surface area contributed by atoms with E-state index in [1.54, 1.807) is 12.1 Å². The van der Waals surface area contributed by atoms with E-state index in [1.165, 1.54) is 6.20 Å². The normalized spacial score (nSPS) is 13.4. The summed E-state index contributed by atoms with van der Waals surface area (Å²) in [6.45, 7) is 0.0399. The molecule has 0 bridgehead atoms. The van der Waals surface area contributed by atoms with Gasteiger partial charge in [0.1, 0.15) is 5.76 Å². The maximum absolute atomic E-state index is 12.3. The van der Waals surface area contributed by atoms with Gasteiger partial charge < -0.3 is 19.3 Å². The van der Waals surface area contributed by atoms with Crippen LogP contribution in [0.2, 0.25) is 0 Å². The van der Waals surface area contributed by atoms with E-state index in [2.05, 4.69) is 25.6 Å². The summed E-state index contributed by atoms with van der Waals surface area (Å²) < 4.78 is 10.3. The highest BCUT2D eigenvalue weighted by Crippen LogP contribution is 2.24.